The van der Waals surface area contributed by atoms with Crippen molar-refractivity contribution in [1.29, 1.82) is 0 Å². The molecule has 2 amide bonds. The maximum absolute atomic E-state index is 13.4. The zero-order chi connectivity index (χ0) is 25.4. The van der Waals surface area contributed by atoms with Gasteiger partial charge in [-0.1, -0.05) is 42.0 Å². The highest BCUT2D eigenvalue weighted by molar-refractivity contribution is 7.91. The van der Waals surface area contributed by atoms with Gasteiger partial charge < -0.3 is 9.64 Å². The van der Waals surface area contributed by atoms with Gasteiger partial charge in [-0.2, -0.15) is 13.2 Å². The van der Waals surface area contributed by atoms with Gasteiger partial charge in [0.1, 0.15) is 0 Å². The highest BCUT2D eigenvalue weighted by atomic mass is 32.2. The Kier molecular flexibility index (Phi) is 6.43. The number of sulfone groups is 1. The summed E-state index contributed by atoms with van der Waals surface area (Å²) in [6, 6.07) is 13.7. The molecule has 2 aromatic carbocycles. The quantitative estimate of drug-likeness (QED) is 0.680. The first-order valence-electron chi connectivity index (χ1n) is 10.9. The molecule has 1 fully saturated rings. The van der Waals surface area contributed by atoms with Crippen molar-refractivity contribution >= 4 is 27.5 Å². The van der Waals surface area contributed by atoms with E-state index in [1.807, 2.05) is 31.2 Å². The monoisotopic (exact) mass is 510 g/mol. The molecular weight excluding hydrogens is 485 g/mol. The minimum absolute atomic E-state index is 0.0806. The van der Waals surface area contributed by atoms with Crippen LogP contribution in [-0.2, 0) is 26.8 Å². The lowest BCUT2D eigenvalue weighted by Crippen LogP contribution is -2.49. The molecule has 2 aliphatic heterocycles. The number of anilines is 1. The zero-order valence-corrected chi connectivity index (χ0v) is 20.0. The van der Waals surface area contributed by atoms with Crippen molar-refractivity contribution in [2.24, 2.45) is 5.10 Å². The van der Waals surface area contributed by atoms with Crippen LogP contribution in [0, 0.1) is 6.92 Å². The van der Waals surface area contributed by atoms with Gasteiger partial charge in [-0.05, 0) is 24.6 Å². The number of benzene rings is 2. The Morgan fingerprint density at radius 2 is 1.71 bits per heavy atom. The normalized spacial score (nSPS) is 21.6. The molecule has 1 atom stereocenters. The molecule has 0 aromatic heterocycles. The van der Waals surface area contributed by atoms with Crippen molar-refractivity contribution in [2.45, 2.75) is 32.3 Å². The number of ether oxygens (including phenoxy) is 1. The average Bonchev–Trinajstić information content (AvgIpc) is 3.22. The molecule has 2 aromatic rings. The Hall–Kier alpha value is -3.28. The number of carbonyl (C=O) groups is 1. The van der Waals surface area contributed by atoms with E-state index >= 15 is 0 Å². The SMILES string of the molecule is Cc1ccc(N(Cc2ccc(C3(C)NN=C(C(F)(F)F)O3)cc2)C(=O)N2CCS(=O)(=O)CC2)cc1. The second-order valence-corrected chi connectivity index (χ2v) is 11.0. The third-order valence-electron chi connectivity index (χ3n) is 5.95. The van der Waals surface area contributed by atoms with E-state index in [2.05, 4.69) is 10.5 Å². The van der Waals surface area contributed by atoms with Crippen LogP contribution in [0.4, 0.5) is 23.7 Å². The van der Waals surface area contributed by atoms with Gasteiger partial charge in [0.25, 0.3) is 0 Å². The standard InChI is InChI=1S/C23H25F3N4O4S/c1-16-3-9-19(10-4-16)30(21(31)29-11-13-35(32,33)14-12-29)15-17-5-7-18(8-6-17)22(2)28-27-20(34-22)23(24,25)26/h3-10,28H,11-15H2,1-2H3. The molecule has 1 N–H and O–H groups in total. The highest BCUT2D eigenvalue weighted by Crippen LogP contribution is 2.32. The smallest absolute Gasteiger partial charge is 0.441 e. The number of hydrogen-bond acceptors (Lipinski definition) is 6. The Balaban J connectivity index is 1.53. The highest BCUT2D eigenvalue weighted by Gasteiger charge is 2.47. The van der Waals surface area contributed by atoms with Crippen molar-refractivity contribution < 1.29 is 31.1 Å². The Morgan fingerprint density at radius 1 is 1.11 bits per heavy atom. The first-order chi connectivity index (χ1) is 16.4. The lowest BCUT2D eigenvalue weighted by atomic mass is 10.0. The number of urea groups is 1. The Labute approximate surface area is 201 Å². The summed E-state index contributed by atoms with van der Waals surface area (Å²) in [5, 5.41) is 3.26. The van der Waals surface area contributed by atoms with Crippen LogP contribution in [0.15, 0.2) is 53.6 Å². The Bertz CT molecular complexity index is 1220. The van der Waals surface area contributed by atoms with Gasteiger partial charge in [0.05, 0.1) is 18.1 Å². The van der Waals surface area contributed by atoms with Crippen LogP contribution >= 0.6 is 0 Å². The fraction of sp³-hybridized carbons (Fsp3) is 0.391. The maximum atomic E-state index is 13.4. The van der Waals surface area contributed by atoms with Gasteiger partial charge in [-0.15, -0.1) is 5.10 Å². The van der Waals surface area contributed by atoms with E-state index in [1.54, 1.807) is 29.2 Å². The lowest BCUT2D eigenvalue weighted by Gasteiger charge is -2.33. The van der Waals surface area contributed by atoms with E-state index in [0.29, 0.717) is 11.3 Å². The lowest BCUT2D eigenvalue weighted by molar-refractivity contribution is -0.0888. The van der Waals surface area contributed by atoms with Crippen molar-refractivity contribution in [2.75, 3.05) is 29.5 Å². The number of carbonyl (C=O) groups excluding carboxylic acids is 1. The van der Waals surface area contributed by atoms with Crippen molar-refractivity contribution in [3.8, 4) is 0 Å². The maximum Gasteiger partial charge on any atom is 0.470 e. The van der Waals surface area contributed by atoms with Crippen LogP contribution in [0.3, 0.4) is 0 Å². The third-order valence-corrected chi connectivity index (χ3v) is 7.56. The topological polar surface area (TPSA) is 91.3 Å². The van der Waals surface area contributed by atoms with E-state index in [0.717, 1.165) is 11.1 Å². The largest absolute Gasteiger partial charge is 0.470 e. The number of nitrogens with one attached hydrogen (secondary N) is 1. The first-order valence-corrected chi connectivity index (χ1v) is 12.7. The summed E-state index contributed by atoms with van der Waals surface area (Å²) in [6.07, 6.45) is -4.70. The van der Waals surface area contributed by atoms with Crippen molar-refractivity contribution in [3.63, 3.8) is 0 Å². The summed E-state index contributed by atoms with van der Waals surface area (Å²) in [4.78, 5) is 16.4. The van der Waals surface area contributed by atoms with Crippen molar-refractivity contribution in [1.82, 2.24) is 10.3 Å². The molecule has 4 rings (SSSR count). The van der Waals surface area contributed by atoms with Gasteiger partial charge in [0, 0.05) is 31.3 Å². The van der Waals surface area contributed by atoms with Crippen LogP contribution in [-0.4, -0.2) is 56.0 Å². The number of rotatable bonds is 4. The number of amides is 2. The summed E-state index contributed by atoms with van der Waals surface area (Å²) < 4.78 is 67.4. The molecule has 0 saturated carbocycles. The van der Waals surface area contributed by atoms with E-state index in [-0.39, 0.29) is 37.2 Å². The Morgan fingerprint density at radius 3 is 2.26 bits per heavy atom. The predicted octanol–water partition coefficient (Wildman–Crippen LogP) is 3.52. The molecule has 8 nitrogen and oxygen atoms in total. The van der Waals surface area contributed by atoms with Crippen LogP contribution in [0.1, 0.15) is 23.6 Å². The summed E-state index contributed by atoms with van der Waals surface area (Å²) in [7, 11) is -3.15. The van der Waals surface area contributed by atoms with Crippen LogP contribution in [0.25, 0.3) is 0 Å². The molecule has 2 heterocycles. The number of alkyl halides is 3. The summed E-state index contributed by atoms with van der Waals surface area (Å²) in [5.74, 6) is -1.50. The minimum atomic E-state index is -4.70. The number of aryl methyl sites for hydroxylation is 1. The van der Waals surface area contributed by atoms with E-state index in [9.17, 15) is 26.4 Å². The van der Waals surface area contributed by atoms with Crippen molar-refractivity contribution in [3.05, 3.63) is 65.2 Å². The van der Waals surface area contributed by atoms with Crippen LogP contribution in [0.2, 0.25) is 0 Å². The average molecular weight is 511 g/mol. The summed E-state index contributed by atoms with van der Waals surface area (Å²) in [6.45, 7) is 3.78. The van der Waals surface area contributed by atoms with Crippen LogP contribution < -0.4 is 10.3 Å². The molecular formula is C23H25F3N4O4S. The predicted molar refractivity (Wildman–Crippen MR) is 124 cm³/mol. The van der Waals surface area contributed by atoms with Gasteiger partial charge >= 0.3 is 18.1 Å². The molecule has 12 heteroatoms. The van der Waals surface area contributed by atoms with Crippen LogP contribution in [0.5, 0.6) is 0 Å². The van der Waals surface area contributed by atoms with Gasteiger partial charge in [0.2, 0.25) is 5.72 Å². The molecule has 1 saturated heterocycles. The summed E-state index contributed by atoms with van der Waals surface area (Å²) >= 11 is 0. The fourth-order valence-corrected chi connectivity index (χ4v) is 5.02. The minimum Gasteiger partial charge on any atom is -0.441 e. The molecule has 0 bridgehead atoms. The van der Waals surface area contributed by atoms with E-state index in [1.165, 1.54) is 11.8 Å². The third kappa shape index (κ3) is 5.53. The second kappa shape index (κ2) is 9.06. The number of hydrazone groups is 1. The second-order valence-electron chi connectivity index (χ2n) is 8.70. The molecule has 0 radical (unpaired) electrons. The molecule has 0 aliphatic carbocycles. The zero-order valence-electron chi connectivity index (χ0n) is 19.2. The van der Waals surface area contributed by atoms with Gasteiger partial charge in [-0.25, -0.2) is 13.2 Å². The number of nitrogens with zero attached hydrogens (tertiary/aromatic N) is 3. The molecule has 0 spiro atoms. The van der Waals surface area contributed by atoms with Gasteiger partial charge in [-0.3, -0.25) is 10.3 Å². The molecule has 1 unspecified atom stereocenters. The first kappa shape index (κ1) is 24.8. The molecule has 188 valence electrons. The van der Waals surface area contributed by atoms with Gasteiger partial charge in [0.15, 0.2) is 9.84 Å². The fourth-order valence-electron chi connectivity index (χ4n) is 3.82. The molecule has 2 aliphatic rings. The van der Waals surface area contributed by atoms with E-state index in [4.69, 9.17) is 4.74 Å². The number of halogens is 3. The molecule has 35 heavy (non-hydrogen) atoms. The van der Waals surface area contributed by atoms with E-state index < -0.39 is 27.6 Å². The number of hydrogen-bond donors (Lipinski definition) is 1. The summed E-state index contributed by atoms with van der Waals surface area (Å²) in [5.41, 5.74) is 3.74.